The molecular weight excluding hydrogens is 488 g/mol. The maximum atomic E-state index is 13.8. The number of hydrogen-bond acceptors (Lipinski definition) is 5. The third-order valence-electron chi connectivity index (χ3n) is 6.84. The summed E-state index contributed by atoms with van der Waals surface area (Å²) in [7, 11) is -3.18. The van der Waals surface area contributed by atoms with Gasteiger partial charge in [0, 0.05) is 4.88 Å². The standard InChI is InChI=1S/C28H32N2O4SSi/c1-7-22-18(2)23-24(35-22)29-27(33)30(25(23)31)19(3)26(32)34-36(28(4,5)6,20-14-10-8-11-15-20)21-16-12-9-13-17-21/h8-17,19H,7H2,1-6H3,(H,29,33). The van der Waals surface area contributed by atoms with Crippen LogP contribution in [0.3, 0.4) is 0 Å². The average Bonchev–Trinajstić information content (AvgIpc) is 3.17. The van der Waals surface area contributed by atoms with Crippen LogP contribution in [0.1, 0.15) is 51.1 Å². The van der Waals surface area contributed by atoms with Gasteiger partial charge < -0.3 is 4.43 Å². The molecule has 1 unspecified atom stereocenters. The SMILES string of the molecule is CCc1sc2[nH]c(=O)n(C(C)C(=O)O[Si](c3ccccc3)(c3ccccc3)C(C)(C)C)c(=O)c2c1C. The fourth-order valence-electron chi connectivity index (χ4n) is 4.96. The molecule has 2 aromatic heterocycles. The van der Waals surface area contributed by atoms with Crippen LogP contribution in [0, 0.1) is 6.92 Å². The highest BCUT2D eigenvalue weighted by atomic mass is 32.1. The first-order chi connectivity index (χ1) is 17.0. The number of hydrogen-bond donors (Lipinski definition) is 1. The Morgan fingerprint density at radius 2 is 1.56 bits per heavy atom. The fraction of sp³-hybridized carbons (Fsp3) is 0.321. The van der Waals surface area contributed by atoms with Crippen molar-refractivity contribution < 1.29 is 9.22 Å². The minimum absolute atomic E-state index is 0.424. The van der Waals surface area contributed by atoms with E-state index in [4.69, 9.17) is 4.43 Å². The number of thiophene rings is 1. The molecule has 36 heavy (non-hydrogen) atoms. The molecule has 0 bridgehead atoms. The van der Waals surface area contributed by atoms with E-state index in [0.29, 0.717) is 10.2 Å². The van der Waals surface area contributed by atoms with Crippen LogP contribution in [-0.2, 0) is 15.6 Å². The van der Waals surface area contributed by atoms with Crippen LogP contribution in [0.4, 0.5) is 0 Å². The van der Waals surface area contributed by atoms with Crippen molar-refractivity contribution in [2.45, 2.75) is 59.0 Å². The number of aromatic amines is 1. The Hall–Kier alpha value is -3.23. The van der Waals surface area contributed by atoms with Crippen LogP contribution < -0.4 is 21.6 Å². The van der Waals surface area contributed by atoms with Crippen LogP contribution in [-0.4, -0.2) is 23.8 Å². The fourth-order valence-corrected chi connectivity index (χ4v) is 10.5. The Labute approximate surface area is 215 Å². The first kappa shape index (κ1) is 25.8. The minimum Gasteiger partial charge on any atom is -0.508 e. The van der Waals surface area contributed by atoms with E-state index < -0.39 is 36.6 Å². The smallest absolute Gasteiger partial charge is 0.330 e. The van der Waals surface area contributed by atoms with Gasteiger partial charge in [0.25, 0.3) is 5.56 Å². The van der Waals surface area contributed by atoms with E-state index in [2.05, 4.69) is 25.8 Å². The summed E-state index contributed by atoms with van der Waals surface area (Å²) < 4.78 is 7.56. The number of nitrogens with zero attached hydrogens (tertiary/aromatic N) is 1. The van der Waals surface area contributed by atoms with Gasteiger partial charge in [-0.2, -0.15) is 0 Å². The van der Waals surface area contributed by atoms with Gasteiger partial charge in [-0.1, -0.05) is 88.4 Å². The molecule has 0 aliphatic heterocycles. The third-order valence-corrected chi connectivity index (χ3v) is 13.1. The molecule has 2 aromatic carbocycles. The molecule has 0 amide bonds. The summed E-state index contributed by atoms with van der Waals surface area (Å²) in [5.74, 6) is -0.597. The van der Waals surface area contributed by atoms with E-state index in [9.17, 15) is 14.4 Å². The van der Waals surface area contributed by atoms with Gasteiger partial charge in [-0.3, -0.25) is 14.6 Å². The quantitative estimate of drug-likeness (QED) is 0.385. The zero-order valence-electron chi connectivity index (χ0n) is 21.5. The number of rotatable bonds is 6. The number of nitrogens with one attached hydrogen (secondary N) is 1. The van der Waals surface area contributed by atoms with Gasteiger partial charge in [0.1, 0.15) is 10.9 Å². The number of aromatic nitrogens is 2. The summed E-state index contributed by atoms with van der Waals surface area (Å²) in [6, 6.07) is 18.5. The summed E-state index contributed by atoms with van der Waals surface area (Å²) in [6.07, 6.45) is 0.762. The molecule has 4 rings (SSSR count). The van der Waals surface area contributed by atoms with Crippen LogP contribution in [0.2, 0.25) is 5.04 Å². The Morgan fingerprint density at radius 3 is 2.03 bits per heavy atom. The van der Waals surface area contributed by atoms with Crippen molar-refractivity contribution in [1.82, 2.24) is 9.55 Å². The molecule has 1 atom stereocenters. The summed E-state index contributed by atoms with van der Waals surface area (Å²) in [6.45, 7) is 11.7. The number of benzene rings is 2. The second kappa shape index (κ2) is 9.67. The van der Waals surface area contributed by atoms with Crippen LogP contribution in [0.5, 0.6) is 0 Å². The molecule has 0 aliphatic carbocycles. The summed E-state index contributed by atoms with van der Waals surface area (Å²) in [5, 5.41) is 1.93. The molecule has 0 spiro atoms. The van der Waals surface area contributed by atoms with Crippen LogP contribution >= 0.6 is 11.3 Å². The van der Waals surface area contributed by atoms with Gasteiger partial charge in [0.05, 0.1) is 5.39 Å². The van der Waals surface area contributed by atoms with Gasteiger partial charge in [-0.25, -0.2) is 9.36 Å². The van der Waals surface area contributed by atoms with Gasteiger partial charge in [-0.05, 0) is 41.2 Å². The van der Waals surface area contributed by atoms with E-state index in [1.54, 1.807) is 6.92 Å². The molecule has 0 saturated heterocycles. The molecule has 6 nitrogen and oxygen atoms in total. The summed E-state index contributed by atoms with van der Waals surface area (Å²) in [5.41, 5.74) is -0.225. The van der Waals surface area contributed by atoms with E-state index in [0.717, 1.165) is 31.8 Å². The number of aryl methyl sites for hydroxylation is 2. The summed E-state index contributed by atoms with van der Waals surface area (Å²) >= 11 is 1.41. The molecular formula is C28H32N2O4SSi. The number of carbonyl (C=O) groups is 1. The Kier molecular flexibility index (Phi) is 6.94. The number of fused-ring (bicyclic) bond motifs is 1. The minimum atomic E-state index is -3.18. The van der Waals surface area contributed by atoms with Gasteiger partial charge in [0.2, 0.25) is 0 Å². The lowest BCUT2D eigenvalue weighted by molar-refractivity contribution is -0.138. The second-order valence-corrected chi connectivity index (χ2v) is 15.4. The molecule has 4 aromatic rings. The van der Waals surface area contributed by atoms with Crippen molar-refractivity contribution in [3.63, 3.8) is 0 Å². The largest absolute Gasteiger partial charge is 0.508 e. The topological polar surface area (TPSA) is 81.2 Å². The maximum Gasteiger partial charge on any atom is 0.330 e. The lowest BCUT2D eigenvalue weighted by Gasteiger charge is -2.42. The van der Waals surface area contributed by atoms with Gasteiger partial charge in [0.15, 0.2) is 0 Å². The Bertz CT molecular complexity index is 1480. The molecule has 2 heterocycles. The monoisotopic (exact) mass is 520 g/mol. The zero-order chi connectivity index (χ0) is 26.3. The highest BCUT2D eigenvalue weighted by Crippen LogP contribution is 2.37. The molecule has 0 saturated carbocycles. The zero-order valence-corrected chi connectivity index (χ0v) is 23.4. The normalized spacial score (nSPS) is 13.1. The van der Waals surface area contributed by atoms with Crippen molar-refractivity contribution in [3.05, 3.63) is 91.9 Å². The predicted molar refractivity (Wildman–Crippen MR) is 149 cm³/mol. The maximum absolute atomic E-state index is 13.8. The molecule has 0 aliphatic rings. The number of carbonyl (C=O) groups excluding carboxylic acids is 1. The van der Waals surface area contributed by atoms with Crippen molar-refractivity contribution in [2.75, 3.05) is 0 Å². The van der Waals surface area contributed by atoms with Gasteiger partial charge in [-0.15, -0.1) is 11.3 Å². The van der Waals surface area contributed by atoms with E-state index in [1.807, 2.05) is 74.5 Å². The summed E-state index contributed by atoms with van der Waals surface area (Å²) in [4.78, 5) is 44.8. The first-order valence-electron chi connectivity index (χ1n) is 12.1. The molecule has 1 N–H and O–H groups in total. The highest BCUT2D eigenvalue weighted by Gasteiger charge is 2.53. The molecule has 8 heteroatoms. The number of H-pyrrole nitrogens is 1. The Morgan fingerprint density at radius 1 is 1.03 bits per heavy atom. The molecule has 188 valence electrons. The van der Waals surface area contributed by atoms with Crippen molar-refractivity contribution >= 4 is 46.2 Å². The van der Waals surface area contributed by atoms with Crippen molar-refractivity contribution in [2.24, 2.45) is 0 Å². The van der Waals surface area contributed by atoms with Crippen LogP contribution in [0.15, 0.2) is 70.3 Å². The van der Waals surface area contributed by atoms with Crippen molar-refractivity contribution in [1.29, 1.82) is 0 Å². The van der Waals surface area contributed by atoms with E-state index in [-0.39, 0.29) is 0 Å². The Balaban J connectivity index is 1.87. The predicted octanol–water partition coefficient (Wildman–Crippen LogP) is 4.29. The lowest BCUT2D eigenvalue weighted by Crippen LogP contribution is -2.67. The first-order valence-corrected chi connectivity index (χ1v) is 14.9. The third kappa shape index (κ3) is 4.18. The molecule has 0 radical (unpaired) electrons. The average molecular weight is 521 g/mol. The van der Waals surface area contributed by atoms with Crippen LogP contribution in [0.25, 0.3) is 10.2 Å². The lowest BCUT2D eigenvalue weighted by atomic mass is 10.2. The van der Waals surface area contributed by atoms with E-state index in [1.165, 1.54) is 11.3 Å². The van der Waals surface area contributed by atoms with E-state index >= 15 is 0 Å². The highest BCUT2D eigenvalue weighted by molar-refractivity contribution is 7.18. The molecule has 0 fully saturated rings. The second-order valence-electron chi connectivity index (χ2n) is 10.1. The van der Waals surface area contributed by atoms with Crippen molar-refractivity contribution in [3.8, 4) is 0 Å². The van der Waals surface area contributed by atoms with Gasteiger partial charge >= 0.3 is 20.0 Å².